The first kappa shape index (κ1) is 13.8. The second-order valence-electron chi connectivity index (χ2n) is 4.02. The highest BCUT2D eigenvalue weighted by Crippen LogP contribution is 2.24. The zero-order chi connectivity index (χ0) is 13.8. The van der Waals surface area contributed by atoms with E-state index in [1.54, 1.807) is 16.7 Å². The van der Waals surface area contributed by atoms with Crippen LogP contribution in [0.4, 0.5) is 4.39 Å². The SMILES string of the molecule is CCCc1nnc(Cl)n1-c1ccc(OCC)c(F)c1. The first-order valence-corrected chi connectivity index (χ1v) is 6.57. The van der Waals surface area contributed by atoms with E-state index in [1.807, 2.05) is 13.8 Å². The molecule has 0 aliphatic carbocycles. The fraction of sp³-hybridized carbons (Fsp3) is 0.385. The summed E-state index contributed by atoms with van der Waals surface area (Å²) in [6.07, 6.45) is 1.64. The van der Waals surface area contributed by atoms with Crippen LogP contribution in [0.5, 0.6) is 5.75 Å². The maximum absolute atomic E-state index is 13.9. The first-order chi connectivity index (χ1) is 9.17. The van der Waals surface area contributed by atoms with Crippen molar-refractivity contribution in [3.63, 3.8) is 0 Å². The molecule has 0 atom stereocenters. The summed E-state index contributed by atoms with van der Waals surface area (Å²) in [6.45, 7) is 4.26. The number of rotatable bonds is 5. The number of ether oxygens (including phenoxy) is 1. The molecule has 0 aliphatic rings. The van der Waals surface area contributed by atoms with Gasteiger partial charge in [-0.25, -0.2) is 4.39 Å². The summed E-state index contributed by atoms with van der Waals surface area (Å²) in [5.41, 5.74) is 0.597. The Balaban J connectivity index is 2.41. The Bertz CT molecular complexity index is 571. The summed E-state index contributed by atoms with van der Waals surface area (Å²) in [6, 6.07) is 4.70. The molecule has 0 spiro atoms. The van der Waals surface area contributed by atoms with Gasteiger partial charge in [-0.05, 0) is 37.1 Å². The third kappa shape index (κ3) is 2.87. The molecule has 6 heteroatoms. The van der Waals surface area contributed by atoms with Gasteiger partial charge in [-0.1, -0.05) is 6.92 Å². The highest BCUT2D eigenvalue weighted by Gasteiger charge is 2.13. The van der Waals surface area contributed by atoms with Gasteiger partial charge < -0.3 is 4.74 Å². The molecule has 19 heavy (non-hydrogen) atoms. The predicted octanol–water partition coefficient (Wildman–Crippen LogP) is 3.41. The highest BCUT2D eigenvalue weighted by molar-refractivity contribution is 6.28. The van der Waals surface area contributed by atoms with E-state index >= 15 is 0 Å². The van der Waals surface area contributed by atoms with Crippen LogP contribution >= 0.6 is 11.6 Å². The van der Waals surface area contributed by atoms with Crippen LogP contribution in [0.1, 0.15) is 26.1 Å². The van der Waals surface area contributed by atoms with Gasteiger partial charge in [0.1, 0.15) is 5.82 Å². The van der Waals surface area contributed by atoms with Crippen molar-refractivity contribution in [1.82, 2.24) is 14.8 Å². The number of halogens is 2. The van der Waals surface area contributed by atoms with Crippen molar-refractivity contribution in [3.8, 4) is 11.4 Å². The second-order valence-corrected chi connectivity index (χ2v) is 4.36. The Morgan fingerprint density at radius 3 is 2.74 bits per heavy atom. The van der Waals surface area contributed by atoms with Crippen molar-refractivity contribution in [1.29, 1.82) is 0 Å². The molecule has 0 bridgehead atoms. The number of hydrogen-bond donors (Lipinski definition) is 0. The summed E-state index contributed by atoms with van der Waals surface area (Å²) >= 11 is 6.00. The number of hydrogen-bond acceptors (Lipinski definition) is 3. The van der Waals surface area contributed by atoms with Gasteiger partial charge in [-0.3, -0.25) is 4.57 Å². The van der Waals surface area contributed by atoms with E-state index in [4.69, 9.17) is 16.3 Å². The third-order valence-electron chi connectivity index (χ3n) is 2.64. The number of nitrogens with zero attached hydrogens (tertiary/aromatic N) is 3. The zero-order valence-corrected chi connectivity index (χ0v) is 11.6. The van der Waals surface area contributed by atoms with Crippen molar-refractivity contribution in [2.24, 2.45) is 0 Å². The van der Waals surface area contributed by atoms with E-state index in [2.05, 4.69) is 10.2 Å². The van der Waals surface area contributed by atoms with E-state index in [0.29, 0.717) is 12.3 Å². The molecule has 102 valence electrons. The van der Waals surface area contributed by atoms with Crippen molar-refractivity contribution in [2.75, 3.05) is 6.61 Å². The van der Waals surface area contributed by atoms with Gasteiger partial charge in [-0.2, -0.15) is 0 Å². The van der Waals surface area contributed by atoms with Crippen LogP contribution in [-0.2, 0) is 6.42 Å². The third-order valence-corrected chi connectivity index (χ3v) is 2.88. The van der Waals surface area contributed by atoms with Gasteiger partial charge in [0.2, 0.25) is 5.28 Å². The predicted molar refractivity (Wildman–Crippen MR) is 71.5 cm³/mol. The van der Waals surface area contributed by atoms with E-state index < -0.39 is 5.82 Å². The molecule has 0 amide bonds. The smallest absolute Gasteiger partial charge is 0.229 e. The number of aryl methyl sites for hydroxylation is 1. The van der Waals surface area contributed by atoms with Crippen LogP contribution in [0.15, 0.2) is 18.2 Å². The Kier molecular flexibility index (Phi) is 4.37. The molecular weight excluding hydrogens is 269 g/mol. The van der Waals surface area contributed by atoms with Gasteiger partial charge in [-0.15, -0.1) is 10.2 Å². The summed E-state index contributed by atoms with van der Waals surface area (Å²) in [7, 11) is 0. The fourth-order valence-corrected chi connectivity index (χ4v) is 2.07. The average Bonchev–Trinajstić information content (AvgIpc) is 2.74. The zero-order valence-electron chi connectivity index (χ0n) is 10.9. The van der Waals surface area contributed by atoms with Gasteiger partial charge in [0.25, 0.3) is 0 Å². The largest absolute Gasteiger partial charge is 0.491 e. The van der Waals surface area contributed by atoms with Crippen LogP contribution in [0.3, 0.4) is 0 Å². The highest BCUT2D eigenvalue weighted by atomic mass is 35.5. The summed E-state index contributed by atoms with van der Waals surface area (Å²) in [4.78, 5) is 0. The Labute approximate surface area is 116 Å². The molecule has 0 fully saturated rings. The molecule has 4 nitrogen and oxygen atoms in total. The van der Waals surface area contributed by atoms with Crippen molar-refractivity contribution in [3.05, 3.63) is 35.1 Å². The molecular formula is C13H15ClFN3O. The van der Waals surface area contributed by atoms with E-state index in [9.17, 15) is 4.39 Å². The average molecular weight is 284 g/mol. The van der Waals surface area contributed by atoms with Crippen LogP contribution < -0.4 is 4.74 Å². The number of aromatic nitrogens is 3. The molecule has 0 aliphatic heterocycles. The van der Waals surface area contributed by atoms with E-state index in [1.165, 1.54) is 6.07 Å². The standard InChI is InChI=1S/C13H15ClFN3O/c1-3-5-12-16-17-13(14)18(12)9-6-7-11(19-4-2)10(15)8-9/h6-8H,3-5H2,1-2H3. The molecule has 1 aromatic heterocycles. The quantitative estimate of drug-likeness (QED) is 0.844. The topological polar surface area (TPSA) is 39.9 Å². The minimum atomic E-state index is -0.424. The summed E-state index contributed by atoms with van der Waals surface area (Å²) < 4.78 is 20.7. The van der Waals surface area contributed by atoms with Crippen LogP contribution in [-0.4, -0.2) is 21.4 Å². The van der Waals surface area contributed by atoms with Gasteiger partial charge in [0, 0.05) is 12.5 Å². The van der Waals surface area contributed by atoms with Crippen LogP contribution in [0.2, 0.25) is 5.28 Å². The molecule has 0 saturated heterocycles. The molecule has 0 N–H and O–H groups in total. The Morgan fingerprint density at radius 1 is 1.32 bits per heavy atom. The Hall–Kier alpha value is -1.62. The summed E-state index contributed by atoms with van der Waals surface area (Å²) in [5.74, 6) is 0.523. The van der Waals surface area contributed by atoms with Gasteiger partial charge in [0.05, 0.1) is 12.3 Å². The van der Waals surface area contributed by atoms with Crippen molar-refractivity contribution >= 4 is 11.6 Å². The maximum Gasteiger partial charge on any atom is 0.229 e. The minimum Gasteiger partial charge on any atom is -0.491 e. The van der Waals surface area contributed by atoms with E-state index in [0.717, 1.165) is 18.7 Å². The monoisotopic (exact) mass is 283 g/mol. The molecule has 1 aromatic carbocycles. The van der Waals surface area contributed by atoms with Gasteiger partial charge in [0.15, 0.2) is 11.6 Å². The van der Waals surface area contributed by atoms with Crippen LogP contribution in [0.25, 0.3) is 5.69 Å². The maximum atomic E-state index is 13.9. The minimum absolute atomic E-state index is 0.229. The second kappa shape index (κ2) is 6.02. The lowest BCUT2D eigenvalue weighted by Gasteiger charge is -2.10. The van der Waals surface area contributed by atoms with E-state index in [-0.39, 0.29) is 11.0 Å². The lowest BCUT2D eigenvalue weighted by molar-refractivity contribution is 0.321. The lowest BCUT2D eigenvalue weighted by Crippen LogP contribution is -2.03. The molecule has 0 saturated carbocycles. The number of benzene rings is 1. The first-order valence-electron chi connectivity index (χ1n) is 6.19. The molecule has 0 radical (unpaired) electrons. The summed E-state index contributed by atoms with van der Waals surface area (Å²) in [5, 5.41) is 8.05. The van der Waals surface area contributed by atoms with Crippen LogP contribution in [0, 0.1) is 5.82 Å². The molecule has 0 unspecified atom stereocenters. The molecule has 2 rings (SSSR count). The molecule has 2 aromatic rings. The lowest BCUT2D eigenvalue weighted by atomic mass is 10.2. The van der Waals surface area contributed by atoms with Crippen molar-refractivity contribution < 1.29 is 9.13 Å². The Morgan fingerprint density at radius 2 is 2.11 bits per heavy atom. The fourth-order valence-electron chi connectivity index (χ4n) is 1.84. The molecule has 1 heterocycles. The van der Waals surface area contributed by atoms with Gasteiger partial charge >= 0.3 is 0 Å². The van der Waals surface area contributed by atoms with Crippen molar-refractivity contribution in [2.45, 2.75) is 26.7 Å². The normalized spacial score (nSPS) is 10.7.